The van der Waals surface area contributed by atoms with Gasteiger partial charge in [0.25, 0.3) is 0 Å². The van der Waals surface area contributed by atoms with E-state index in [1.54, 1.807) is 0 Å². The molecule has 7 heteroatoms. The smallest absolute Gasteiger partial charge is 0.157 e. The molecule has 2 saturated heterocycles. The molecule has 2 aromatic heterocycles. The van der Waals surface area contributed by atoms with Crippen LogP contribution in [0.3, 0.4) is 0 Å². The lowest BCUT2D eigenvalue weighted by molar-refractivity contribution is 0.226. The highest BCUT2D eigenvalue weighted by Crippen LogP contribution is 2.36. The molecule has 3 aliphatic heterocycles. The number of nitrogens with zero attached hydrogens (tertiary/aromatic N) is 6. The summed E-state index contributed by atoms with van der Waals surface area (Å²) in [5.41, 5.74) is 11.5. The second kappa shape index (κ2) is 8.55. The number of nitrogens with two attached hydrogens (primary N) is 1. The van der Waals surface area contributed by atoms with Gasteiger partial charge in [-0.15, -0.1) is 0 Å². The zero-order valence-corrected chi connectivity index (χ0v) is 20.0. The monoisotopic (exact) mass is 455 g/mol. The Kier molecular flexibility index (Phi) is 5.37. The highest BCUT2D eigenvalue weighted by atomic mass is 15.3. The van der Waals surface area contributed by atoms with E-state index in [2.05, 4.69) is 64.8 Å². The Bertz CT molecular complexity index is 1370. The molecule has 2 N–H and O–H groups in total. The second-order valence-electron chi connectivity index (χ2n) is 9.91. The maximum absolute atomic E-state index is 6.15. The fourth-order valence-electron chi connectivity index (χ4n) is 5.66. The van der Waals surface area contributed by atoms with Crippen molar-refractivity contribution in [3.63, 3.8) is 0 Å². The molecule has 2 fully saturated rings. The molecule has 0 bridgehead atoms. The van der Waals surface area contributed by atoms with Crippen LogP contribution in [-0.4, -0.2) is 51.7 Å². The Labute approximate surface area is 200 Å². The van der Waals surface area contributed by atoms with E-state index in [-0.39, 0.29) is 12.1 Å². The van der Waals surface area contributed by atoms with E-state index in [1.807, 2.05) is 4.52 Å². The summed E-state index contributed by atoms with van der Waals surface area (Å²) in [5, 5.41) is 7.30. The topological polar surface area (TPSA) is 75.0 Å². The van der Waals surface area contributed by atoms with Crippen molar-refractivity contribution in [2.45, 2.75) is 51.1 Å². The van der Waals surface area contributed by atoms with Gasteiger partial charge in [-0.05, 0) is 61.9 Å². The molecule has 1 aromatic carbocycles. The average Bonchev–Trinajstić information content (AvgIpc) is 3.48. The molecule has 34 heavy (non-hydrogen) atoms. The minimum atomic E-state index is 0.205. The predicted molar refractivity (Wildman–Crippen MR) is 136 cm³/mol. The van der Waals surface area contributed by atoms with E-state index in [1.165, 1.54) is 23.6 Å². The molecule has 7 nitrogen and oxygen atoms in total. The van der Waals surface area contributed by atoms with Crippen LogP contribution in [-0.2, 0) is 0 Å². The Hall–Kier alpha value is -3.19. The first-order valence-electron chi connectivity index (χ1n) is 12.5. The minimum absolute atomic E-state index is 0.205. The molecule has 2 atom stereocenters. The van der Waals surface area contributed by atoms with Crippen LogP contribution in [0, 0.1) is 6.92 Å². The van der Waals surface area contributed by atoms with Gasteiger partial charge in [-0.25, -0.2) is 9.50 Å². The largest absolute Gasteiger partial charge is 0.363 e. The molecule has 6 rings (SSSR count). The molecule has 3 aromatic rings. The zero-order chi connectivity index (χ0) is 23.2. The van der Waals surface area contributed by atoms with Gasteiger partial charge in [0, 0.05) is 55.7 Å². The number of piperidine rings is 1. The molecule has 5 heterocycles. The molecule has 0 radical (unpaired) electrons. The molecule has 3 aliphatic rings. The van der Waals surface area contributed by atoms with Gasteiger partial charge in [-0.1, -0.05) is 18.7 Å². The van der Waals surface area contributed by atoms with Crippen LogP contribution in [0.5, 0.6) is 0 Å². The van der Waals surface area contributed by atoms with E-state index < -0.39 is 0 Å². The Morgan fingerprint density at radius 1 is 1.15 bits per heavy atom. The highest BCUT2D eigenvalue weighted by molar-refractivity contribution is 5.63. The Morgan fingerprint density at radius 3 is 2.91 bits per heavy atom. The van der Waals surface area contributed by atoms with Gasteiger partial charge in [0.1, 0.15) is 5.82 Å². The summed E-state index contributed by atoms with van der Waals surface area (Å²) in [6.45, 7) is 10.3. The minimum Gasteiger partial charge on any atom is -0.363 e. The second-order valence-corrected chi connectivity index (χ2v) is 9.91. The summed E-state index contributed by atoms with van der Waals surface area (Å²) in [5.74, 6) is 1.03. The SMILES string of the molecule is C=C(c1ccc2c(c1)=CCCN=2)N1CCCC[C@H]1c1cc2nc(N3CC[C@H](N)C3)c(C)cn2n1. The fourth-order valence-corrected chi connectivity index (χ4v) is 5.66. The van der Waals surface area contributed by atoms with Crippen molar-refractivity contribution in [1.29, 1.82) is 0 Å². The van der Waals surface area contributed by atoms with E-state index in [0.29, 0.717) is 0 Å². The summed E-state index contributed by atoms with van der Waals surface area (Å²) in [6, 6.07) is 9.14. The number of aromatic nitrogens is 3. The van der Waals surface area contributed by atoms with Gasteiger partial charge in [0.05, 0.1) is 17.1 Å². The average molecular weight is 456 g/mol. The van der Waals surface area contributed by atoms with Crippen molar-refractivity contribution in [3.05, 3.63) is 64.4 Å². The van der Waals surface area contributed by atoms with E-state index in [4.69, 9.17) is 15.8 Å². The van der Waals surface area contributed by atoms with Crippen LogP contribution in [0.4, 0.5) is 5.82 Å². The lowest BCUT2D eigenvalue weighted by atomic mass is 9.97. The first kappa shape index (κ1) is 21.4. The van der Waals surface area contributed by atoms with Gasteiger partial charge >= 0.3 is 0 Å². The summed E-state index contributed by atoms with van der Waals surface area (Å²) in [6.07, 6.45) is 9.86. The van der Waals surface area contributed by atoms with Gasteiger partial charge in [-0.2, -0.15) is 5.10 Å². The number of hydrogen-bond donors (Lipinski definition) is 1. The molecule has 0 amide bonds. The highest BCUT2D eigenvalue weighted by Gasteiger charge is 2.29. The first-order valence-corrected chi connectivity index (χ1v) is 12.5. The number of aryl methyl sites for hydroxylation is 1. The summed E-state index contributed by atoms with van der Waals surface area (Å²) in [7, 11) is 0. The molecular weight excluding hydrogens is 422 g/mol. The lowest BCUT2D eigenvalue weighted by Gasteiger charge is -2.38. The number of hydrogen-bond acceptors (Lipinski definition) is 6. The normalized spacial score (nSPS) is 22.4. The molecule has 176 valence electrons. The van der Waals surface area contributed by atoms with Crippen molar-refractivity contribution in [3.8, 4) is 0 Å². The Morgan fingerprint density at radius 2 is 2.06 bits per heavy atom. The number of likely N-dealkylation sites (tertiary alicyclic amines) is 1. The van der Waals surface area contributed by atoms with Crippen molar-refractivity contribution in [2.75, 3.05) is 31.1 Å². The van der Waals surface area contributed by atoms with E-state index in [9.17, 15) is 0 Å². The third kappa shape index (κ3) is 3.78. The van der Waals surface area contributed by atoms with Gasteiger partial charge in [0.15, 0.2) is 5.65 Å². The third-order valence-corrected chi connectivity index (χ3v) is 7.48. The maximum Gasteiger partial charge on any atom is 0.157 e. The fraction of sp³-hybridized carbons (Fsp3) is 0.444. The van der Waals surface area contributed by atoms with Crippen LogP contribution in [0.2, 0.25) is 0 Å². The summed E-state index contributed by atoms with van der Waals surface area (Å²) >= 11 is 0. The lowest BCUT2D eigenvalue weighted by Crippen LogP contribution is -2.33. The quantitative estimate of drug-likeness (QED) is 0.655. The number of fused-ring (bicyclic) bond motifs is 2. The van der Waals surface area contributed by atoms with Gasteiger partial charge in [-0.3, -0.25) is 4.99 Å². The standard InChI is InChI=1S/C27H33N7/c1-18-16-34-26(30-27(18)32-13-10-22(28)17-32)15-24(31-34)25-7-3-4-12-33(25)19(2)20-8-9-23-21(14-20)6-5-11-29-23/h6,8-9,14-16,22,25H,2-5,7,10-13,17,28H2,1H3/t22-,25-/m0/s1. The molecule has 0 unspecified atom stereocenters. The zero-order valence-electron chi connectivity index (χ0n) is 20.0. The molecular formula is C27H33N7. The maximum atomic E-state index is 6.15. The summed E-state index contributed by atoms with van der Waals surface area (Å²) < 4.78 is 1.94. The van der Waals surface area contributed by atoms with Crippen LogP contribution in [0.1, 0.15) is 55.0 Å². The molecule has 0 spiro atoms. The van der Waals surface area contributed by atoms with E-state index >= 15 is 0 Å². The first-order chi connectivity index (χ1) is 16.6. The van der Waals surface area contributed by atoms with Crippen molar-refractivity contribution >= 4 is 23.2 Å². The Balaban J connectivity index is 1.32. The van der Waals surface area contributed by atoms with Crippen LogP contribution in [0.15, 0.2) is 42.0 Å². The van der Waals surface area contributed by atoms with Crippen molar-refractivity contribution in [2.24, 2.45) is 10.7 Å². The summed E-state index contributed by atoms with van der Waals surface area (Å²) in [4.78, 5) is 14.4. The number of rotatable bonds is 4. The third-order valence-electron chi connectivity index (χ3n) is 7.48. The van der Waals surface area contributed by atoms with Gasteiger partial charge in [0.2, 0.25) is 0 Å². The molecule has 0 saturated carbocycles. The van der Waals surface area contributed by atoms with E-state index in [0.717, 1.165) is 79.2 Å². The van der Waals surface area contributed by atoms with Crippen molar-refractivity contribution in [1.82, 2.24) is 19.5 Å². The van der Waals surface area contributed by atoms with Gasteiger partial charge < -0.3 is 15.5 Å². The van der Waals surface area contributed by atoms with Crippen LogP contribution in [0.25, 0.3) is 17.4 Å². The van der Waals surface area contributed by atoms with Crippen LogP contribution < -0.4 is 21.2 Å². The molecule has 0 aliphatic carbocycles. The number of benzene rings is 1. The van der Waals surface area contributed by atoms with Crippen LogP contribution >= 0.6 is 0 Å². The predicted octanol–water partition coefficient (Wildman–Crippen LogP) is 2.58. The number of anilines is 1. The van der Waals surface area contributed by atoms with Crippen molar-refractivity contribution < 1.29 is 0 Å².